The van der Waals surface area contributed by atoms with Crippen LogP contribution >= 0.6 is 0 Å². The molecule has 5 rings (SSSR count). The Kier molecular flexibility index (Phi) is 5.13. The fourth-order valence-electron chi connectivity index (χ4n) is 5.82. The first-order chi connectivity index (χ1) is 14.6. The lowest BCUT2D eigenvalue weighted by molar-refractivity contribution is -0.139. The molecule has 2 aliphatic heterocycles. The second-order valence-corrected chi connectivity index (χ2v) is 9.19. The van der Waals surface area contributed by atoms with Crippen molar-refractivity contribution >= 4 is 5.91 Å². The van der Waals surface area contributed by atoms with E-state index < -0.39 is 0 Å². The van der Waals surface area contributed by atoms with Gasteiger partial charge >= 0.3 is 0 Å². The van der Waals surface area contributed by atoms with Gasteiger partial charge in [0.2, 0.25) is 5.91 Å². The number of fused-ring (bicyclic) bond motifs is 4. The van der Waals surface area contributed by atoms with Gasteiger partial charge in [-0.05, 0) is 48.9 Å². The Labute approximate surface area is 177 Å². The summed E-state index contributed by atoms with van der Waals surface area (Å²) in [5.41, 5.74) is 3.37. The van der Waals surface area contributed by atoms with Crippen LogP contribution in [0.15, 0.2) is 41.2 Å². The van der Waals surface area contributed by atoms with Crippen LogP contribution in [0.5, 0.6) is 5.75 Å². The molecule has 2 unspecified atom stereocenters. The van der Waals surface area contributed by atoms with E-state index in [0.717, 1.165) is 54.9 Å². The van der Waals surface area contributed by atoms with Crippen LogP contribution in [0.3, 0.4) is 0 Å². The van der Waals surface area contributed by atoms with Gasteiger partial charge in [0.05, 0.1) is 7.11 Å². The fraction of sp³-hybridized carbons (Fsp3) is 0.520. The SMILES string of the molecule is COc1ccc(-c2ccc(=O)n3c2C2CC(CN(C(=O)C4CCCCC4)C2)C3)cc1. The average molecular weight is 407 g/mol. The molecule has 1 saturated heterocycles. The van der Waals surface area contributed by atoms with E-state index in [9.17, 15) is 9.59 Å². The van der Waals surface area contributed by atoms with Gasteiger partial charge in [-0.25, -0.2) is 0 Å². The van der Waals surface area contributed by atoms with Gasteiger partial charge in [0.25, 0.3) is 5.56 Å². The number of methoxy groups -OCH3 is 1. The van der Waals surface area contributed by atoms with Crippen molar-refractivity contribution in [3.05, 3.63) is 52.4 Å². The molecule has 3 heterocycles. The van der Waals surface area contributed by atoms with Gasteiger partial charge in [-0.3, -0.25) is 9.59 Å². The summed E-state index contributed by atoms with van der Waals surface area (Å²) < 4.78 is 7.27. The Balaban J connectivity index is 1.48. The van der Waals surface area contributed by atoms with Crippen molar-refractivity contribution in [1.29, 1.82) is 0 Å². The summed E-state index contributed by atoms with van der Waals surface area (Å²) in [6.07, 6.45) is 6.75. The summed E-state index contributed by atoms with van der Waals surface area (Å²) in [5, 5.41) is 0. The van der Waals surface area contributed by atoms with Crippen molar-refractivity contribution in [2.75, 3.05) is 20.2 Å². The van der Waals surface area contributed by atoms with Gasteiger partial charge < -0.3 is 14.2 Å². The molecule has 2 atom stereocenters. The Hall–Kier alpha value is -2.56. The quantitative estimate of drug-likeness (QED) is 0.773. The van der Waals surface area contributed by atoms with Gasteiger partial charge in [0.15, 0.2) is 0 Å². The number of pyridine rings is 1. The molecule has 3 aliphatic rings. The minimum Gasteiger partial charge on any atom is -0.497 e. The van der Waals surface area contributed by atoms with E-state index >= 15 is 0 Å². The maximum absolute atomic E-state index is 13.2. The zero-order chi connectivity index (χ0) is 20.7. The van der Waals surface area contributed by atoms with Crippen molar-refractivity contribution < 1.29 is 9.53 Å². The molecular formula is C25H30N2O3. The van der Waals surface area contributed by atoms with E-state index in [0.29, 0.717) is 18.4 Å². The maximum atomic E-state index is 13.2. The number of carbonyl (C=O) groups excluding carboxylic acids is 1. The van der Waals surface area contributed by atoms with Gasteiger partial charge in [0.1, 0.15) is 5.75 Å². The summed E-state index contributed by atoms with van der Waals surface area (Å²) in [6.45, 7) is 2.24. The lowest BCUT2D eigenvalue weighted by Crippen LogP contribution is -2.51. The molecule has 1 aliphatic carbocycles. The summed E-state index contributed by atoms with van der Waals surface area (Å²) in [7, 11) is 1.67. The fourth-order valence-corrected chi connectivity index (χ4v) is 5.82. The lowest BCUT2D eigenvalue weighted by atomic mass is 9.79. The summed E-state index contributed by atoms with van der Waals surface area (Å²) in [5.74, 6) is 1.96. The molecule has 30 heavy (non-hydrogen) atoms. The van der Waals surface area contributed by atoms with Crippen molar-refractivity contribution in [2.24, 2.45) is 11.8 Å². The molecule has 2 bridgehead atoms. The Morgan fingerprint density at radius 2 is 1.73 bits per heavy atom. The summed E-state index contributed by atoms with van der Waals surface area (Å²) >= 11 is 0. The molecule has 0 radical (unpaired) electrons. The van der Waals surface area contributed by atoms with Crippen molar-refractivity contribution in [3.8, 4) is 16.9 Å². The van der Waals surface area contributed by atoms with Gasteiger partial charge in [-0.1, -0.05) is 31.4 Å². The molecule has 158 valence electrons. The third-order valence-corrected chi connectivity index (χ3v) is 7.26. The second kappa shape index (κ2) is 7.93. The number of rotatable bonds is 3. The van der Waals surface area contributed by atoms with Gasteiger partial charge in [0, 0.05) is 48.8 Å². The van der Waals surface area contributed by atoms with E-state index in [1.54, 1.807) is 13.2 Å². The first kappa shape index (κ1) is 19.4. The number of benzene rings is 1. The zero-order valence-electron chi connectivity index (χ0n) is 17.7. The predicted molar refractivity (Wildman–Crippen MR) is 117 cm³/mol. The van der Waals surface area contributed by atoms with Crippen LogP contribution in [0.4, 0.5) is 0 Å². The number of nitrogens with zero attached hydrogens (tertiary/aromatic N) is 2. The summed E-state index contributed by atoms with van der Waals surface area (Å²) in [6, 6.07) is 11.7. The number of hydrogen-bond acceptors (Lipinski definition) is 3. The molecule has 1 amide bonds. The van der Waals surface area contributed by atoms with Crippen LogP contribution < -0.4 is 10.3 Å². The van der Waals surface area contributed by atoms with Crippen LogP contribution in [0.25, 0.3) is 11.1 Å². The number of piperidine rings is 1. The highest BCUT2D eigenvalue weighted by Gasteiger charge is 2.39. The molecule has 5 nitrogen and oxygen atoms in total. The second-order valence-electron chi connectivity index (χ2n) is 9.19. The summed E-state index contributed by atoms with van der Waals surface area (Å²) in [4.78, 5) is 28.1. The van der Waals surface area contributed by atoms with E-state index in [2.05, 4.69) is 17.0 Å². The highest BCUT2D eigenvalue weighted by Crippen LogP contribution is 2.41. The predicted octanol–water partition coefficient (Wildman–Crippen LogP) is 4.05. The smallest absolute Gasteiger partial charge is 0.250 e. The highest BCUT2D eigenvalue weighted by atomic mass is 16.5. The number of amides is 1. The van der Waals surface area contributed by atoms with Crippen molar-refractivity contribution in [1.82, 2.24) is 9.47 Å². The van der Waals surface area contributed by atoms with E-state index in [4.69, 9.17) is 4.74 Å². The van der Waals surface area contributed by atoms with Crippen molar-refractivity contribution in [2.45, 2.75) is 51.0 Å². The zero-order valence-corrected chi connectivity index (χ0v) is 17.7. The van der Waals surface area contributed by atoms with Gasteiger partial charge in [-0.2, -0.15) is 0 Å². The molecule has 5 heteroatoms. The lowest BCUT2D eigenvalue weighted by Gasteiger charge is -2.44. The minimum atomic E-state index is 0.0732. The molecule has 1 aromatic carbocycles. The highest BCUT2D eigenvalue weighted by molar-refractivity contribution is 5.79. The van der Waals surface area contributed by atoms with Crippen LogP contribution in [-0.4, -0.2) is 35.6 Å². The Morgan fingerprint density at radius 3 is 2.47 bits per heavy atom. The Morgan fingerprint density at radius 1 is 0.967 bits per heavy atom. The largest absolute Gasteiger partial charge is 0.497 e. The number of likely N-dealkylation sites (tertiary alicyclic amines) is 1. The van der Waals surface area contributed by atoms with E-state index in [1.807, 2.05) is 22.8 Å². The number of aromatic nitrogens is 1. The van der Waals surface area contributed by atoms with Gasteiger partial charge in [-0.15, -0.1) is 0 Å². The van der Waals surface area contributed by atoms with Crippen LogP contribution in [0, 0.1) is 11.8 Å². The normalized spacial score (nSPS) is 23.7. The molecule has 0 N–H and O–H groups in total. The number of hydrogen-bond donors (Lipinski definition) is 0. The monoisotopic (exact) mass is 406 g/mol. The molecular weight excluding hydrogens is 376 g/mol. The van der Waals surface area contributed by atoms with E-state index in [1.165, 1.54) is 19.3 Å². The molecule has 1 aromatic heterocycles. The first-order valence-electron chi connectivity index (χ1n) is 11.3. The van der Waals surface area contributed by atoms with Crippen LogP contribution in [-0.2, 0) is 11.3 Å². The van der Waals surface area contributed by atoms with Crippen LogP contribution in [0.2, 0.25) is 0 Å². The number of carbonyl (C=O) groups is 1. The molecule has 0 spiro atoms. The maximum Gasteiger partial charge on any atom is 0.250 e. The molecule has 2 fully saturated rings. The average Bonchev–Trinajstić information content (AvgIpc) is 2.80. The minimum absolute atomic E-state index is 0.0732. The first-order valence-corrected chi connectivity index (χ1v) is 11.3. The molecule has 1 saturated carbocycles. The standard InChI is InChI=1S/C25H30N2O3/c1-30-21-9-7-18(8-10-21)22-11-12-23(28)27-15-17-13-20(24(22)27)16-26(14-17)25(29)19-5-3-2-4-6-19/h7-12,17,19-20H,2-6,13-16H2,1H3. The van der Waals surface area contributed by atoms with E-state index in [-0.39, 0.29) is 17.4 Å². The third kappa shape index (κ3) is 3.44. The van der Waals surface area contributed by atoms with Crippen LogP contribution in [0.1, 0.15) is 50.1 Å². The molecule has 2 aromatic rings. The van der Waals surface area contributed by atoms with Crippen molar-refractivity contribution in [3.63, 3.8) is 0 Å². The third-order valence-electron chi connectivity index (χ3n) is 7.26. The number of ether oxygens (including phenoxy) is 1. The topological polar surface area (TPSA) is 51.5 Å². The Bertz CT molecular complexity index is 988.